The van der Waals surface area contributed by atoms with Crippen LogP contribution in [0.15, 0.2) is 53.4 Å². The van der Waals surface area contributed by atoms with E-state index in [2.05, 4.69) is 5.43 Å². The van der Waals surface area contributed by atoms with Crippen molar-refractivity contribution < 1.29 is 22.7 Å². The van der Waals surface area contributed by atoms with Gasteiger partial charge in [-0.25, -0.2) is 8.42 Å². The van der Waals surface area contributed by atoms with Crippen LogP contribution in [0.4, 0.5) is 0 Å². The highest BCUT2D eigenvalue weighted by atomic mass is 35.5. The number of nitrogens with one attached hydrogen (secondary N) is 2. The van der Waals surface area contributed by atoms with Gasteiger partial charge < -0.3 is 9.47 Å². The largest absolute Gasteiger partial charge is 0.485 e. The molecule has 7 nitrogen and oxygen atoms in total. The van der Waals surface area contributed by atoms with Crippen LogP contribution in [0.2, 0.25) is 5.02 Å². The number of fused-ring (bicyclic) bond motifs is 1. The van der Waals surface area contributed by atoms with Gasteiger partial charge in [0.25, 0.3) is 15.9 Å². The monoisotopic (exact) mass is 368 g/mol. The summed E-state index contributed by atoms with van der Waals surface area (Å²) >= 11 is 5.85. The van der Waals surface area contributed by atoms with E-state index in [9.17, 15) is 13.2 Å². The van der Waals surface area contributed by atoms with Crippen molar-refractivity contribution in [1.29, 1.82) is 0 Å². The number of sulfonamides is 1. The molecule has 0 spiro atoms. The van der Waals surface area contributed by atoms with E-state index in [1.807, 2.05) is 4.83 Å². The third kappa shape index (κ3) is 3.45. The van der Waals surface area contributed by atoms with Crippen molar-refractivity contribution >= 4 is 27.5 Å². The normalized spacial score (nSPS) is 16.5. The molecule has 0 aliphatic carbocycles. The maximum Gasteiger partial charge on any atom is 0.279 e. The second-order valence-corrected chi connectivity index (χ2v) is 6.95. The summed E-state index contributed by atoms with van der Waals surface area (Å²) < 4.78 is 35.2. The zero-order chi connectivity index (χ0) is 17.2. The molecule has 1 atom stereocenters. The van der Waals surface area contributed by atoms with Crippen molar-refractivity contribution in [2.24, 2.45) is 0 Å². The molecule has 0 aromatic heterocycles. The van der Waals surface area contributed by atoms with Gasteiger partial charge in [0.2, 0.25) is 6.10 Å². The molecule has 0 radical (unpaired) electrons. The summed E-state index contributed by atoms with van der Waals surface area (Å²) in [5.74, 6) is 0.260. The van der Waals surface area contributed by atoms with Gasteiger partial charge in [-0.1, -0.05) is 35.9 Å². The van der Waals surface area contributed by atoms with E-state index in [1.54, 1.807) is 30.3 Å². The lowest BCUT2D eigenvalue weighted by Crippen LogP contribution is -2.50. The maximum atomic E-state index is 12.2. The van der Waals surface area contributed by atoms with E-state index < -0.39 is 22.0 Å². The van der Waals surface area contributed by atoms with Crippen molar-refractivity contribution in [3.8, 4) is 11.5 Å². The van der Waals surface area contributed by atoms with Crippen molar-refractivity contribution in [2.75, 3.05) is 6.61 Å². The first-order chi connectivity index (χ1) is 11.5. The van der Waals surface area contributed by atoms with Gasteiger partial charge in [-0.3, -0.25) is 10.2 Å². The lowest BCUT2D eigenvalue weighted by molar-refractivity contribution is -0.130. The number of carbonyl (C=O) groups excluding carboxylic acids is 1. The van der Waals surface area contributed by atoms with E-state index in [1.165, 1.54) is 18.2 Å². The number of rotatable bonds is 4. The molecule has 24 heavy (non-hydrogen) atoms. The number of hydrazine groups is 1. The first-order valence-corrected chi connectivity index (χ1v) is 8.78. The predicted octanol–water partition coefficient (Wildman–Crippen LogP) is 1.49. The van der Waals surface area contributed by atoms with Crippen molar-refractivity contribution in [1.82, 2.24) is 10.3 Å². The first-order valence-electron chi connectivity index (χ1n) is 6.92. The van der Waals surface area contributed by atoms with Crippen molar-refractivity contribution in [2.45, 2.75) is 11.0 Å². The molecule has 2 aromatic rings. The molecule has 0 saturated heterocycles. The Bertz CT molecular complexity index is 872. The Balaban J connectivity index is 1.65. The Hall–Kier alpha value is -2.29. The zero-order valence-corrected chi connectivity index (χ0v) is 13.8. The number of benzene rings is 2. The maximum absolute atomic E-state index is 12.2. The third-order valence-electron chi connectivity index (χ3n) is 3.24. The average molecular weight is 369 g/mol. The predicted molar refractivity (Wildman–Crippen MR) is 86.3 cm³/mol. The Labute approximate surface area is 143 Å². The minimum absolute atomic E-state index is 0.0311. The number of ether oxygens (including phenoxy) is 2. The molecule has 9 heteroatoms. The highest BCUT2D eigenvalue weighted by Crippen LogP contribution is 2.30. The molecule has 2 aromatic carbocycles. The lowest BCUT2D eigenvalue weighted by atomic mass is 10.2. The molecule has 1 amide bonds. The lowest BCUT2D eigenvalue weighted by Gasteiger charge is -2.25. The van der Waals surface area contributed by atoms with Crippen LogP contribution in [0.1, 0.15) is 0 Å². The van der Waals surface area contributed by atoms with Gasteiger partial charge in [-0.05, 0) is 24.3 Å². The smallest absolute Gasteiger partial charge is 0.279 e. The van der Waals surface area contributed by atoms with Crippen LogP contribution >= 0.6 is 11.6 Å². The number of para-hydroxylation sites is 2. The summed E-state index contributed by atoms with van der Waals surface area (Å²) in [5.41, 5.74) is 2.11. The third-order valence-corrected chi connectivity index (χ3v) is 4.98. The summed E-state index contributed by atoms with van der Waals surface area (Å²) in [5, 5.41) is 0.0467. The Morgan fingerprint density at radius 3 is 2.50 bits per heavy atom. The van der Waals surface area contributed by atoms with Crippen molar-refractivity contribution in [3.63, 3.8) is 0 Å². The van der Waals surface area contributed by atoms with Gasteiger partial charge in [-0.15, -0.1) is 4.83 Å². The number of halogens is 1. The van der Waals surface area contributed by atoms with E-state index in [0.29, 0.717) is 11.5 Å². The Kier molecular flexibility index (Phi) is 4.61. The number of amides is 1. The van der Waals surface area contributed by atoms with E-state index in [4.69, 9.17) is 21.1 Å². The molecule has 0 fully saturated rings. The topological polar surface area (TPSA) is 93.7 Å². The summed E-state index contributed by atoms with van der Waals surface area (Å²) in [6.45, 7) is -0.0311. The van der Waals surface area contributed by atoms with Gasteiger partial charge in [-0.2, -0.15) is 0 Å². The SMILES string of the molecule is O=C(NNS(=O)(=O)c1ccccc1Cl)[C@@H]1COc2ccccc2O1. The van der Waals surface area contributed by atoms with Crippen LogP contribution in [0.3, 0.4) is 0 Å². The second-order valence-electron chi connectivity index (χ2n) is 4.89. The van der Waals surface area contributed by atoms with Gasteiger partial charge in [0.15, 0.2) is 11.5 Å². The summed E-state index contributed by atoms with van der Waals surface area (Å²) in [6.07, 6.45) is -0.978. The van der Waals surface area contributed by atoms with Crippen LogP contribution in [-0.4, -0.2) is 27.0 Å². The standard InChI is InChI=1S/C15H13ClN2O5S/c16-10-5-1-4-8-14(10)24(20,21)18-17-15(19)13-9-22-11-6-2-3-7-12(11)23-13/h1-8,13,18H,9H2,(H,17,19)/t13-/m0/s1. The quantitative estimate of drug-likeness (QED) is 0.797. The average Bonchev–Trinajstić information content (AvgIpc) is 2.59. The fourth-order valence-corrected chi connectivity index (χ4v) is 3.43. The second kappa shape index (κ2) is 6.68. The molecular weight excluding hydrogens is 356 g/mol. The molecule has 1 aliphatic rings. The molecule has 1 aliphatic heterocycles. The van der Waals surface area contributed by atoms with E-state index in [-0.39, 0.29) is 16.5 Å². The van der Waals surface area contributed by atoms with Gasteiger partial charge in [0.1, 0.15) is 11.5 Å². The summed E-state index contributed by atoms with van der Waals surface area (Å²) in [6, 6.07) is 12.8. The van der Waals surface area contributed by atoms with Crippen LogP contribution < -0.4 is 19.7 Å². The number of hydrogen-bond donors (Lipinski definition) is 2. The van der Waals surface area contributed by atoms with Gasteiger partial charge >= 0.3 is 0 Å². The molecular formula is C15H13ClN2O5S. The molecule has 1 heterocycles. The minimum atomic E-state index is -4.00. The minimum Gasteiger partial charge on any atom is -0.485 e. The van der Waals surface area contributed by atoms with E-state index in [0.717, 1.165) is 0 Å². The fourth-order valence-electron chi connectivity index (χ4n) is 2.06. The fraction of sp³-hybridized carbons (Fsp3) is 0.133. The van der Waals surface area contributed by atoms with Gasteiger partial charge in [0.05, 0.1) is 5.02 Å². The molecule has 2 N–H and O–H groups in total. The first kappa shape index (κ1) is 16.6. The number of hydrogen-bond acceptors (Lipinski definition) is 5. The van der Waals surface area contributed by atoms with Crippen LogP contribution in [0.25, 0.3) is 0 Å². The molecule has 3 rings (SSSR count). The molecule has 0 saturated carbocycles. The summed E-state index contributed by atoms with van der Waals surface area (Å²) in [7, 11) is -4.00. The Morgan fingerprint density at radius 2 is 1.75 bits per heavy atom. The highest BCUT2D eigenvalue weighted by molar-refractivity contribution is 7.89. The van der Waals surface area contributed by atoms with Crippen LogP contribution in [0.5, 0.6) is 11.5 Å². The molecule has 0 bridgehead atoms. The molecule has 0 unspecified atom stereocenters. The van der Waals surface area contributed by atoms with E-state index >= 15 is 0 Å². The zero-order valence-electron chi connectivity index (χ0n) is 12.2. The van der Waals surface area contributed by atoms with Crippen LogP contribution in [0, 0.1) is 0 Å². The molecule has 126 valence electrons. The Morgan fingerprint density at radius 1 is 1.08 bits per heavy atom. The van der Waals surface area contributed by atoms with Gasteiger partial charge in [0, 0.05) is 0 Å². The summed E-state index contributed by atoms with van der Waals surface area (Å²) in [4.78, 5) is 13.9. The van der Waals surface area contributed by atoms with Crippen LogP contribution in [-0.2, 0) is 14.8 Å². The van der Waals surface area contributed by atoms with Crippen molar-refractivity contribution in [3.05, 3.63) is 53.6 Å². The number of carbonyl (C=O) groups is 1. The highest BCUT2D eigenvalue weighted by Gasteiger charge is 2.28.